The van der Waals surface area contributed by atoms with Crippen LogP contribution in [0.15, 0.2) is 97.1 Å². The molecular formula is C33H28F3O8P. The number of rotatable bonds is 11. The van der Waals surface area contributed by atoms with Gasteiger partial charge in [0.25, 0.3) is 0 Å². The summed E-state index contributed by atoms with van der Waals surface area (Å²) in [5.41, 5.74) is -4.86. The van der Waals surface area contributed by atoms with Crippen LogP contribution in [0.3, 0.4) is 0 Å². The summed E-state index contributed by atoms with van der Waals surface area (Å²) in [6.07, 6.45) is -0.116. The number of Topliss-reactive ketones (excluding diaryl/α,β-unsaturated/α-hetero) is 1. The smallest absolute Gasteiger partial charge is 0.399 e. The van der Waals surface area contributed by atoms with Crippen LogP contribution in [0.2, 0.25) is 0 Å². The number of ketones is 1. The molecule has 0 saturated carbocycles. The average Bonchev–Trinajstić information content (AvgIpc) is 3.03. The Morgan fingerprint density at radius 2 is 1.02 bits per heavy atom. The van der Waals surface area contributed by atoms with Crippen molar-refractivity contribution in [1.82, 2.24) is 0 Å². The van der Waals surface area contributed by atoms with Crippen LogP contribution in [-0.4, -0.2) is 41.7 Å². The molecule has 4 aromatic rings. The van der Waals surface area contributed by atoms with Crippen LogP contribution in [0, 0.1) is 5.82 Å². The topological polar surface area (TPSA) is 127 Å². The molecule has 4 rings (SSSR count). The van der Waals surface area contributed by atoms with E-state index in [1.807, 2.05) is 0 Å². The number of carbonyl (C=O) groups is 3. The highest BCUT2D eigenvalue weighted by molar-refractivity contribution is 7.52. The van der Waals surface area contributed by atoms with Crippen molar-refractivity contribution in [3.63, 3.8) is 0 Å². The Balaban J connectivity index is 1.88. The lowest BCUT2D eigenvalue weighted by Gasteiger charge is -2.34. The van der Waals surface area contributed by atoms with Crippen molar-refractivity contribution >= 4 is 25.3 Å². The third-order valence-electron chi connectivity index (χ3n) is 7.45. The first-order valence-corrected chi connectivity index (χ1v) is 15.0. The van der Waals surface area contributed by atoms with Crippen molar-refractivity contribution in [2.24, 2.45) is 0 Å². The van der Waals surface area contributed by atoms with Gasteiger partial charge in [-0.1, -0.05) is 60.7 Å². The summed E-state index contributed by atoms with van der Waals surface area (Å²) >= 11 is 0. The van der Waals surface area contributed by atoms with Gasteiger partial charge in [-0.05, 0) is 65.9 Å². The van der Waals surface area contributed by atoms with Crippen molar-refractivity contribution in [3.05, 3.63) is 142 Å². The summed E-state index contributed by atoms with van der Waals surface area (Å²) in [5, 5.41) is 0. The molecule has 0 spiro atoms. The van der Waals surface area contributed by atoms with Crippen LogP contribution in [0.1, 0.15) is 53.3 Å². The Labute approximate surface area is 256 Å². The maximum atomic E-state index is 14.6. The Hall–Kier alpha value is -4.57. The molecule has 0 aliphatic heterocycles. The van der Waals surface area contributed by atoms with E-state index in [2.05, 4.69) is 0 Å². The van der Waals surface area contributed by atoms with Crippen LogP contribution in [0.4, 0.5) is 13.2 Å². The molecule has 0 saturated heterocycles. The SMILES string of the molecule is COC(=O)c1ccc(CC(Cc2ccc(C(F)(F)P(=O)(O)O)cc2)(C(=O)c2ccc(C(=O)OC)cc2)c2ccc(F)cc2)cc1. The second-order valence-corrected chi connectivity index (χ2v) is 12.0. The molecule has 0 aromatic heterocycles. The van der Waals surface area contributed by atoms with Gasteiger partial charge >= 0.3 is 25.2 Å². The van der Waals surface area contributed by atoms with E-state index in [4.69, 9.17) is 19.3 Å². The average molecular weight is 641 g/mol. The minimum Gasteiger partial charge on any atom is -0.465 e. The number of benzene rings is 4. The summed E-state index contributed by atoms with van der Waals surface area (Å²) in [4.78, 5) is 56.9. The molecule has 0 aliphatic rings. The molecule has 45 heavy (non-hydrogen) atoms. The summed E-state index contributed by atoms with van der Waals surface area (Å²) in [5.74, 6) is -2.20. The highest BCUT2D eigenvalue weighted by Crippen LogP contribution is 2.59. The maximum absolute atomic E-state index is 14.6. The lowest BCUT2D eigenvalue weighted by atomic mass is 9.67. The van der Waals surface area contributed by atoms with E-state index in [-0.39, 0.29) is 29.5 Å². The fraction of sp³-hybridized carbons (Fsp3) is 0.182. The number of ether oxygens (including phenoxy) is 2. The monoisotopic (exact) mass is 640 g/mol. The molecule has 2 N–H and O–H groups in total. The maximum Gasteiger partial charge on any atom is 0.399 e. The van der Waals surface area contributed by atoms with Crippen LogP contribution >= 0.6 is 7.60 Å². The van der Waals surface area contributed by atoms with Gasteiger partial charge in [-0.2, -0.15) is 8.78 Å². The molecule has 12 heteroatoms. The first kappa shape index (κ1) is 33.3. The molecular weight excluding hydrogens is 612 g/mol. The fourth-order valence-corrected chi connectivity index (χ4v) is 5.53. The number of halogens is 3. The molecule has 0 bridgehead atoms. The first-order valence-electron chi connectivity index (χ1n) is 13.4. The van der Waals surface area contributed by atoms with Gasteiger partial charge in [0.05, 0.1) is 30.8 Å². The highest BCUT2D eigenvalue weighted by Gasteiger charge is 2.50. The number of alkyl halides is 2. The predicted octanol–water partition coefficient (Wildman–Crippen LogP) is 6.23. The van der Waals surface area contributed by atoms with Crippen LogP contribution in [-0.2, 0) is 38.0 Å². The van der Waals surface area contributed by atoms with Crippen molar-refractivity contribution in [1.29, 1.82) is 0 Å². The zero-order chi connectivity index (χ0) is 33.0. The van der Waals surface area contributed by atoms with Crippen molar-refractivity contribution in [3.8, 4) is 0 Å². The first-order chi connectivity index (χ1) is 21.2. The zero-order valence-electron chi connectivity index (χ0n) is 24.1. The summed E-state index contributed by atoms with van der Waals surface area (Å²) in [6.45, 7) is 0. The van der Waals surface area contributed by atoms with Gasteiger partial charge in [-0.25, -0.2) is 14.0 Å². The molecule has 0 amide bonds. The summed E-state index contributed by atoms with van der Waals surface area (Å²) in [6, 6.07) is 21.5. The van der Waals surface area contributed by atoms with Crippen molar-refractivity contribution in [2.75, 3.05) is 14.2 Å². The van der Waals surface area contributed by atoms with Gasteiger partial charge < -0.3 is 19.3 Å². The number of hydrogen-bond donors (Lipinski definition) is 2. The van der Waals surface area contributed by atoms with Gasteiger partial charge in [0, 0.05) is 11.1 Å². The molecule has 0 fully saturated rings. The normalized spacial score (nSPS) is 13.0. The van der Waals surface area contributed by atoms with E-state index in [9.17, 15) is 32.1 Å². The van der Waals surface area contributed by atoms with Gasteiger partial charge in [-0.15, -0.1) is 0 Å². The Kier molecular flexibility index (Phi) is 9.77. The quantitative estimate of drug-likeness (QED) is 0.112. The molecule has 0 radical (unpaired) electrons. The molecule has 0 aliphatic carbocycles. The minimum atomic E-state index is -5.82. The second kappa shape index (κ2) is 13.2. The number of methoxy groups -OCH3 is 2. The third-order valence-corrected chi connectivity index (χ3v) is 8.44. The van der Waals surface area contributed by atoms with Crippen LogP contribution < -0.4 is 0 Å². The molecule has 8 nitrogen and oxygen atoms in total. The Morgan fingerprint density at radius 1 is 0.644 bits per heavy atom. The van der Waals surface area contributed by atoms with Crippen molar-refractivity contribution in [2.45, 2.75) is 23.9 Å². The Bertz CT molecular complexity index is 1730. The van der Waals surface area contributed by atoms with E-state index in [1.54, 1.807) is 12.1 Å². The van der Waals surface area contributed by atoms with Gasteiger partial charge in [0.1, 0.15) is 5.82 Å². The van der Waals surface area contributed by atoms with Crippen LogP contribution in [0.5, 0.6) is 0 Å². The predicted molar refractivity (Wildman–Crippen MR) is 158 cm³/mol. The molecule has 234 valence electrons. The van der Waals surface area contributed by atoms with E-state index >= 15 is 0 Å². The number of hydrogen-bond acceptors (Lipinski definition) is 6. The van der Waals surface area contributed by atoms with Gasteiger partial charge in [-0.3, -0.25) is 9.36 Å². The van der Waals surface area contributed by atoms with E-state index in [1.165, 1.54) is 87.0 Å². The molecule has 4 aromatic carbocycles. The third kappa shape index (κ3) is 7.06. The lowest BCUT2D eigenvalue weighted by molar-refractivity contribution is 0.0564. The van der Waals surface area contributed by atoms with Gasteiger partial charge in [0.2, 0.25) is 0 Å². The van der Waals surface area contributed by atoms with Crippen LogP contribution in [0.25, 0.3) is 0 Å². The minimum absolute atomic E-state index is 0.00192. The summed E-state index contributed by atoms with van der Waals surface area (Å²) < 4.78 is 63.8. The highest BCUT2D eigenvalue weighted by atomic mass is 31.2. The molecule has 1 unspecified atom stereocenters. The zero-order valence-corrected chi connectivity index (χ0v) is 25.0. The molecule has 1 atom stereocenters. The van der Waals surface area contributed by atoms with E-state index in [0.29, 0.717) is 16.7 Å². The number of esters is 2. The standard InChI is InChI=1S/C33H28F3O8P/c1-43-30(38)24-7-3-21(4-8-24)19-32(26-15-17-28(34)18-16-26,29(37)23-9-11-25(12-10-23)31(39)44-2)20-22-5-13-27(14-6-22)33(35,36)45(40,41)42/h3-18H,19-20H2,1-2H3,(H2,40,41,42). The fourth-order valence-electron chi connectivity index (χ4n) is 5.04. The van der Waals surface area contributed by atoms with E-state index in [0.717, 1.165) is 12.1 Å². The number of carbonyl (C=O) groups excluding carboxylic acids is 3. The second-order valence-electron chi connectivity index (χ2n) is 10.3. The largest absolute Gasteiger partial charge is 0.465 e. The van der Waals surface area contributed by atoms with Gasteiger partial charge in [0.15, 0.2) is 5.78 Å². The summed E-state index contributed by atoms with van der Waals surface area (Å²) in [7, 11) is -3.36. The Morgan fingerprint density at radius 3 is 1.44 bits per heavy atom. The molecule has 0 heterocycles. The van der Waals surface area contributed by atoms with Crippen molar-refractivity contribution < 1.29 is 51.4 Å². The van der Waals surface area contributed by atoms with E-state index < -0.39 is 47.8 Å². The lowest BCUT2D eigenvalue weighted by Crippen LogP contribution is -2.41.